The summed E-state index contributed by atoms with van der Waals surface area (Å²) in [5.41, 5.74) is 1.37. The lowest BCUT2D eigenvalue weighted by Crippen LogP contribution is -2.14. The van der Waals surface area contributed by atoms with Crippen molar-refractivity contribution in [1.82, 2.24) is 0 Å². The van der Waals surface area contributed by atoms with Crippen molar-refractivity contribution >= 4 is 33.5 Å². The van der Waals surface area contributed by atoms with E-state index in [9.17, 15) is 28.6 Å². The average molecular weight is 463 g/mol. The number of carbonyl (C=O) groups excluding carboxylic acids is 1. The molecule has 10 heteroatoms. The number of hydrogen-bond donors (Lipinski definition) is 1. The summed E-state index contributed by atoms with van der Waals surface area (Å²) in [4.78, 5) is 22.2. The normalized spacial score (nSPS) is 11.3. The Hall–Kier alpha value is -4.49. The number of anilines is 1. The van der Waals surface area contributed by atoms with E-state index in [4.69, 9.17) is 4.18 Å². The van der Waals surface area contributed by atoms with Gasteiger partial charge in [0.1, 0.15) is 22.3 Å². The fourth-order valence-corrected chi connectivity index (χ4v) is 3.74. The molecule has 3 aromatic carbocycles. The molecule has 0 atom stereocenters. The van der Waals surface area contributed by atoms with Crippen molar-refractivity contribution in [3.63, 3.8) is 0 Å². The summed E-state index contributed by atoms with van der Waals surface area (Å²) in [5.74, 6) is -0.623. The number of rotatable bonds is 7. The van der Waals surface area contributed by atoms with Gasteiger partial charge in [-0.15, -0.1) is 0 Å². The van der Waals surface area contributed by atoms with E-state index in [1.54, 1.807) is 12.1 Å². The van der Waals surface area contributed by atoms with E-state index in [1.165, 1.54) is 48.5 Å². The van der Waals surface area contributed by atoms with E-state index < -0.39 is 20.9 Å². The molecule has 0 spiro atoms. The van der Waals surface area contributed by atoms with Gasteiger partial charge in [0.15, 0.2) is 0 Å². The van der Waals surface area contributed by atoms with Crippen LogP contribution in [0.25, 0.3) is 6.08 Å². The molecule has 0 bridgehead atoms. The molecule has 3 aromatic rings. The van der Waals surface area contributed by atoms with Gasteiger partial charge in [0, 0.05) is 17.8 Å². The molecule has 0 unspecified atom stereocenters. The first-order chi connectivity index (χ1) is 15.7. The Morgan fingerprint density at radius 2 is 1.79 bits per heavy atom. The van der Waals surface area contributed by atoms with Gasteiger partial charge >= 0.3 is 10.1 Å². The van der Waals surface area contributed by atoms with Gasteiger partial charge < -0.3 is 9.50 Å². The quantitative estimate of drug-likeness (QED) is 0.182. The Labute approximate surface area is 189 Å². The zero-order valence-electron chi connectivity index (χ0n) is 17.3. The van der Waals surface area contributed by atoms with E-state index in [0.717, 1.165) is 11.6 Å². The van der Waals surface area contributed by atoms with Crippen LogP contribution in [0.3, 0.4) is 0 Å². The summed E-state index contributed by atoms with van der Waals surface area (Å²) in [6, 6.07) is 19.1. The highest BCUT2D eigenvalue weighted by molar-refractivity contribution is 7.87. The maximum absolute atomic E-state index is 12.4. The molecule has 0 heterocycles. The van der Waals surface area contributed by atoms with Gasteiger partial charge in [-0.1, -0.05) is 36.4 Å². The summed E-state index contributed by atoms with van der Waals surface area (Å²) in [6.07, 6.45) is 1.35. The number of nitro groups is 1. The van der Waals surface area contributed by atoms with Crippen LogP contribution in [0.5, 0.6) is 5.75 Å². The Balaban J connectivity index is 1.76. The molecule has 1 N–H and O–H groups in total. The number of nitriles is 1. The maximum atomic E-state index is 12.4. The topological polar surface area (TPSA) is 139 Å². The third-order valence-corrected chi connectivity index (χ3v) is 5.72. The highest BCUT2D eigenvalue weighted by Gasteiger charge is 2.20. The van der Waals surface area contributed by atoms with Crippen LogP contribution < -0.4 is 9.50 Å². The fourth-order valence-electron chi connectivity index (χ4n) is 2.77. The van der Waals surface area contributed by atoms with Gasteiger partial charge in [-0.2, -0.15) is 13.7 Å². The smallest absolute Gasteiger partial charge is 0.339 e. The third-order valence-electron chi connectivity index (χ3n) is 4.47. The molecule has 0 radical (unpaired) electrons. The van der Waals surface area contributed by atoms with Crippen molar-refractivity contribution in [3.05, 3.63) is 99.6 Å². The van der Waals surface area contributed by atoms with Gasteiger partial charge in [0.2, 0.25) is 0 Å². The molecule has 0 fully saturated rings. The van der Waals surface area contributed by atoms with E-state index in [2.05, 4.69) is 5.32 Å². The van der Waals surface area contributed by atoms with Crippen LogP contribution in [-0.2, 0) is 14.9 Å². The van der Waals surface area contributed by atoms with Crippen LogP contribution in [0.2, 0.25) is 0 Å². The Kier molecular flexibility index (Phi) is 6.85. The van der Waals surface area contributed by atoms with Crippen molar-refractivity contribution in [2.45, 2.75) is 11.8 Å². The summed E-state index contributed by atoms with van der Waals surface area (Å²) in [7, 11) is -4.30. The minimum Gasteiger partial charge on any atom is -0.379 e. The van der Waals surface area contributed by atoms with Crippen molar-refractivity contribution in [1.29, 1.82) is 5.26 Å². The Morgan fingerprint density at radius 1 is 1.09 bits per heavy atom. The summed E-state index contributed by atoms with van der Waals surface area (Å²) in [6.45, 7) is 1.83. The van der Waals surface area contributed by atoms with E-state index in [0.29, 0.717) is 11.3 Å². The van der Waals surface area contributed by atoms with E-state index >= 15 is 0 Å². The molecule has 0 aliphatic heterocycles. The minimum atomic E-state index is -4.30. The third kappa shape index (κ3) is 5.81. The first-order valence-corrected chi connectivity index (χ1v) is 10.9. The van der Waals surface area contributed by atoms with Gasteiger partial charge in [0.05, 0.1) is 4.92 Å². The van der Waals surface area contributed by atoms with Gasteiger partial charge in [-0.3, -0.25) is 14.9 Å². The number of benzene rings is 3. The maximum Gasteiger partial charge on any atom is 0.339 e. The molecule has 0 saturated heterocycles. The molecule has 3 rings (SSSR count). The highest BCUT2D eigenvalue weighted by atomic mass is 32.2. The molecule has 0 aromatic heterocycles. The lowest BCUT2D eigenvalue weighted by molar-refractivity contribution is -0.385. The standard InChI is InChI=1S/C23H17N3O6S/c1-16-5-2-3-8-22(16)25-23(27)18(15-24)13-17-9-11-20(12-10-17)32-33(30,31)21-7-4-6-19(14-21)26(28)29/h2-14H,1H3,(H,25,27)/b18-13+. The monoisotopic (exact) mass is 463 g/mol. The number of aryl methyl sites for hydroxylation is 1. The number of non-ortho nitro benzene ring substituents is 1. The molecule has 0 saturated carbocycles. The lowest BCUT2D eigenvalue weighted by atomic mass is 10.1. The second kappa shape index (κ2) is 9.76. The molecule has 0 aliphatic carbocycles. The predicted molar refractivity (Wildman–Crippen MR) is 121 cm³/mol. The van der Waals surface area contributed by atoms with Crippen LogP contribution in [0.1, 0.15) is 11.1 Å². The molecule has 33 heavy (non-hydrogen) atoms. The highest BCUT2D eigenvalue weighted by Crippen LogP contribution is 2.23. The lowest BCUT2D eigenvalue weighted by Gasteiger charge is -2.08. The molecule has 0 aliphatic rings. The second-order valence-electron chi connectivity index (χ2n) is 6.80. The van der Waals surface area contributed by atoms with Crippen LogP contribution in [0, 0.1) is 28.4 Å². The van der Waals surface area contributed by atoms with Gasteiger partial charge in [0.25, 0.3) is 11.6 Å². The van der Waals surface area contributed by atoms with Crippen molar-refractivity contribution in [2.24, 2.45) is 0 Å². The van der Waals surface area contributed by atoms with Gasteiger partial charge in [-0.25, -0.2) is 0 Å². The molecular formula is C23H17N3O6S. The van der Waals surface area contributed by atoms with E-state index in [-0.39, 0.29) is 21.9 Å². The molecule has 1 amide bonds. The molecular weight excluding hydrogens is 446 g/mol. The summed E-state index contributed by atoms with van der Waals surface area (Å²) in [5, 5.41) is 22.9. The van der Waals surface area contributed by atoms with E-state index in [1.807, 2.05) is 25.1 Å². The number of para-hydroxylation sites is 1. The van der Waals surface area contributed by atoms with Crippen LogP contribution in [-0.4, -0.2) is 19.2 Å². The SMILES string of the molecule is Cc1ccccc1NC(=O)/C(C#N)=C/c1ccc(OS(=O)(=O)c2cccc([N+](=O)[O-])c2)cc1. The number of amides is 1. The molecule has 166 valence electrons. The summed E-state index contributed by atoms with van der Waals surface area (Å²) < 4.78 is 29.9. The van der Waals surface area contributed by atoms with Crippen molar-refractivity contribution in [3.8, 4) is 11.8 Å². The van der Waals surface area contributed by atoms with Crippen LogP contribution in [0.15, 0.2) is 83.3 Å². The second-order valence-corrected chi connectivity index (χ2v) is 8.35. The van der Waals surface area contributed by atoms with Crippen LogP contribution in [0.4, 0.5) is 11.4 Å². The predicted octanol–water partition coefficient (Wildman–Crippen LogP) is 4.22. The Bertz CT molecular complexity index is 1390. The Morgan fingerprint density at radius 3 is 2.42 bits per heavy atom. The first kappa shape index (κ1) is 23.2. The fraction of sp³-hybridized carbons (Fsp3) is 0.0435. The number of nitrogens with one attached hydrogen (secondary N) is 1. The van der Waals surface area contributed by atoms with Gasteiger partial charge in [-0.05, 0) is 48.4 Å². The number of nitro benzene ring substituents is 1. The average Bonchev–Trinajstić information content (AvgIpc) is 2.80. The number of carbonyl (C=O) groups is 1. The zero-order chi connectivity index (χ0) is 24.0. The van der Waals surface area contributed by atoms with Crippen LogP contribution >= 0.6 is 0 Å². The first-order valence-electron chi connectivity index (χ1n) is 9.47. The zero-order valence-corrected chi connectivity index (χ0v) is 18.1. The minimum absolute atomic E-state index is 0.0403. The van der Waals surface area contributed by atoms with Crippen molar-refractivity contribution in [2.75, 3.05) is 5.32 Å². The number of hydrogen-bond acceptors (Lipinski definition) is 7. The summed E-state index contributed by atoms with van der Waals surface area (Å²) >= 11 is 0. The van der Waals surface area contributed by atoms with Crippen molar-refractivity contribution < 1.29 is 22.3 Å². The largest absolute Gasteiger partial charge is 0.379 e. The molecule has 9 nitrogen and oxygen atoms in total. The number of nitrogens with zero attached hydrogens (tertiary/aromatic N) is 2.